The largest absolute Gasteiger partial charge is 0.454 e. The molecule has 0 saturated carbocycles. The minimum atomic E-state index is -0.893. The second-order valence-corrected chi connectivity index (χ2v) is 7.77. The zero-order valence-electron chi connectivity index (χ0n) is 19.5. The Balaban J connectivity index is 1.90. The Kier molecular flexibility index (Phi) is 9.60. The summed E-state index contributed by atoms with van der Waals surface area (Å²) in [6.45, 7) is 8.10. The first-order valence-corrected chi connectivity index (χ1v) is 11.0. The molecule has 0 saturated heterocycles. The fourth-order valence-corrected chi connectivity index (χ4v) is 3.12. The molecule has 176 valence electrons. The lowest BCUT2D eigenvalue weighted by Gasteiger charge is -2.21. The quantitative estimate of drug-likeness (QED) is 0.538. The van der Waals surface area contributed by atoms with Crippen LogP contribution in [-0.4, -0.2) is 54.3 Å². The molecular weight excluding hydrogens is 422 g/mol. The maximum atomic E-state index is 12.5. The predicted molar refractivity (Wildman–Crippen MR) is 126 cm³/mol. The molecule has 0 radical (unpaired) electrons. The highest BCUT2D eigenvalue weighted by atomic mass is 16.5. The van der Waals surface area contributed by atoms with E-state index in [2.05, 4.69) is 10.6 Å². The molecule has 0 bridgehead atoms. The monoisotopic (exact) mass is 453 g/mol. The highest BCUT2D eigenvalue weighted by molar-refractivity contribution is 5.98. The fraction of sp³-hybridized carbons (Fsp3) is 0.360. The molecule has 0 aliphatic carbocycles. The maximum Gasteiger partial charge on any atom is 0.329 e. The third kappa shape index (κ3) is 7.45. The third-order valence-corrected chi connectivity index (χ3v) is 5.05. The summed E-state index contributed by atoms with van der Waals surface area (Å²) in [6, 6.07) is 14.2. The molecule has 3 amide bonds. The summed E-state index contributed by atoms with van der Waals surface area (Å²) in [5.41, 5.74) is 1.43. The lowest BCUT2D eigenvalue weighted by Crippen LogP contribution is -2.45. The Morgan fingerprint density at radius 3 is 2.03 bits per heavy atom. The zero-order valence-corrected chi connectivity index (χ0v) is 19.5. The van der Waals surface area contributed by atoms with Crippen molar-refractivity contribution in [1.82, 2.24) is 10.2 Å². The van der Waals surface area contributed by atoms with E-state index in [1.807, 2.05) is 13.8 Å². The number of esters is 1. The number of hydrogen-bond donors (Lipinski definition) is 2. The Morgan fingerprint density at radius 1 is 0.879 bits per heavy atom. The minimum Gasteiger partial charge on any atom is -0.454 e. The maximum absolute atomic E-state index is 12.5. The van der Waals surface area contributed by atoms with Gasteiger partial charge in [-0.3, -0.25) is 14.4 Å². The molecule has 0 fully saturated rings. The van der Waals surface area contributed by atoms with Gasteiger partial charge in [0.2, 0.25) is 0 Å². The van der Waals surface area contributed by atoms with Gasteiger partial charge < -0.3 is 20.3 Å². The number of carbonyl (C=O) groups excluding carboxylic acids is 4. The molecule has 2 aromatic carbocycles. The van der Waals surface area contributed by atoms with Crippen LogP contribution in [0.5, 0.6) is 0 Å². The van der Waals surface area contributed by atoms with E-state index < -0.39 is 30.4 Å². The van der Waals surface area contributed by atoms with E-state index in [4.69, 9.17) is 4.74 Å². The van der Waals surface area contributed by atoms with Gasteiger partial charge in [-0.2, -0.15) is 0 Å². The van der Waals surface area contributed by atoms with Crippen LogP contribution in [0.15, 0.2) is 54.6 Å². The molecule has 33 heavy (non-hydrogen) atoms. The van der Waals surface area contributed by atoms with Gasteiger partial charge in [0.05, 0.1) is 0 Å². The highest BCUT2D eigenvalue weighted by Crippen LogP contribution is 2.12. The van der Waals surface area contributed by atoms with E-state index in [-0.39, 0.29) is 11.8 Å². The van der Waals surface area contributed by atoms with Crippen molar-refractivity contribution in [3.05, 3.63) is 65.7 Å². The van der Waals surface area contributed by atoms with Crippen molar-refractivity contribution >= 4 is 29.4 Å². The molecule has 2 aromatic rings. The zero-order chi connectivity index (χ0) is 24.4. The first-order valence-electron chi connectivity index (χ1n) is 11.0. The van der Waals surface area contributed by atoms with E-state index in [1.165, 1.54) is 0 Å². The van der Waals surface area contributed by atoms with Gasteiger partial charge >= 0.3 is 5.97 Å². The molecule has 2 rings (SSSR count). The van der Waals surface area contributed by atoms with E-state index in [9.17, 15) is 19.2 Å². The number of benzene rings is 2. The number of carbonyl (C=O) groups is 4. The van der Waals surface area contributed by atoms with Crippen LogP contribution in [0.3, 0.4) is 0 Å². The topological polar surface area (TPSA) is 105 Å². The smallest absolute Gasteiger partial charge is 0.329 e. The molecule has 1 atom stereocenters. The Labute approximate surface area is 194 Å². The fourth-order valence-electron chi connectivity index (χ4n) is 3.12. The lowest BCUT2D eigenvalue weighted by molar-refractivity contribution is -0.150. The first-order chi connectivity index (χ1) is 15.8. The lowest BCUT2D eigenvalue weighted by atomic mass is 10.0. The molecule has 0 aliphatic heterocycles. The minimum absolute atomic E-state index is 0.0796. The second kappa shape index (κ2) is 12.4. The van der Waals surface area contributed by atoms with Crippen molar-refractivity contribution in [2.45, 2.75) is 33.7 Å². The molecule has 2 N–H and O–H groups in total. The van der Waals surface area contributed by atoms with Crippen molar-refractivity contribution in [2.75, 3.05) is 25.0 Å². The number of anilines is 1. The Hall–Kier alpha value is -3.68. The van der Waals surface area contributed by atoms with E-state index in [0.717, 1.165) is 0 Å². The molecule has 0 unspecified atom stereocenters. The molecule has 8 nitrogen and oxygen atoms in total. The molecular formula is C25H31N3O5. The molecule has 0 aliphatic rings. The Bertz CT molecular complexity index is 954. The normalized spacial score (nSPS) is 11.4. The number of amides is 3. The summed E-state index contributed by atoms with van der Waals surface area (Å²) in [7, 11) is 0. The molecule has 8 heteroatoms. The second-order valence-electron chi connectivity index (χ2n) is 7.77. The van der Waals surface area contributed by atoms with Crippen LogP contribution in [0, 0.1) is 5.92 Å². The number of rotatable bonds is 10. The Morgan fingerprint density at radius 2 is 1.48 bits per heavy atom. The van der Waals surface area contributed by atoms with Gasteiger partial charge in [-0.05, 0) is 56.2 Å². The van der Waals surface area contributed by atoms with Gasteiger partial charge in [-0.1, -0.05) is 32.0 Å². The summed E-state index contributed by atoms with van der Waals surface area (Å²) in [5.74, 6) is -1.92. The van der Waals surface area contributed by atoms with Gasteiger partial charge in [0.25, 0.3) is 17.7 Å². The van der Waals surface area contributed by atoms with Crippen molar-refractivity contribution in [2.24, 2.45) is 5.92 Å². The van der Waals surface area contributed by atoms with Gasteiger partial charge in [-0.15, -0.1) is 0 Å². The average molecular weight is 454 g/mol. The molecule has 0 aromatic heterocycles. The molecule has 0 heterocycles. The van der Waals surface area contributed by atoms with Crippen LogP contribution in [0.4, 0.5) is 5.69 Å². The van der Waals surface area contributed by atoms with Gasteiger partial charge in [0, 0.05) is 29.9 Å². The third-order valence-electron chi connectivity index (χ3n) is 5.05. The van der Waals surface area contributed by atoms with E-state index in [0.29, 0.717) is 29.9 Å². The van der Waals surface area contributed by atoms with Gasteiger partial charge in [0.15, 0.2) is 6.61 Å². The summed E-state index contributed by atoms with van der Waals surface area (Å²) >= 11 is 0. The summed E-state index contributed by atoms with van der Waals surface area (Å²) in [6.07, 6.45) is 0. The summed E-state index contributed by atoms with van der Waals surface area (Å²) in [4.78, 5) is 51.1. The van der Waals surface area contributed by atoms with Crippen LogP contribution < -0.4 is 10.6 Å². The molecule has 0 spiro atoms. The first kappa shape index (κ1) is 25.6. The van der Waals surface area contributed by atoms with Crippen LogP contribution >= 0.6 is 0 Å². The standard InChI is InChI=1S/C25H31N3O5/c1-5-28(6-2)24(31)19-12-14-20(15-13-19)26-21(29)16-33-25(32)22(17(3)4)27-23(30)18-10-8-7-9-11-18/h7-15,17,22H,5-6,16H2,1-4H3,(H,26,29)(H,27,30)/t22-/m0/s1. The summed E-state index contributed by atoms with van der Waals surface area (Å²) < 4.78 is 5.13. The predicted octanol–water partition coefficient (Wildman–Crippen LogP) is 3.10. The van der Waals surface area contributed by atoms with Crippen molar-refractivity contribution in [3.8, 4) is 0 Å². The van der Waals surface area contributed by atoms with Crippen LogP contribution in [0.2, 0.25) is 0 Å². The summed E-state index contributed by atoms with van der Waals surface area (Å²) in [5, 5.41) is 5.29. The van der Waals surface area contributed by atoms with Gasteiger partial charge in [-0.25, -0.2) is 4.79 Å². The van der Waals surface area contributed by atoms with Crippen molar-refractivity contribution in [1.29, 1.82) is 0 Å². The number of ether oxygens (including phenoxy) is 1. The SMILES string of the molecule is CCN(CC)C(=O)c1ccc(NC(=O)COC(=O)[C@@H](NC(=O)c2ccccc2)C(C)C)cc1. The average Bonchev–Trinajstić information content (AvgIpc) is 2.82. The van der Waals surface area contributed by atoms with Gasteiger partial charge in [0.1, 0.15) is 6.04 Å². The highest BCUT2D eigenvalue weighted by Gasteiger charge is 2.26. The number of hydrogen-bond acceptors (Lipinski definition) is 5. The van der Waals surface area contributed by atoms with Crippen LogP contribution in [0.1, 0.15) is 48.4 Å². The van der Waals surface area contributed by atoms with Crippen LogP contribution in [-0.2, 0) is 14.3 Å². The number of nitrogens with one attached hydrogen (secondary N) is 2. The van der Waals surface area contributed by atoms with E-state index in [1.54, 1.807) is 73.3 Å². The van der Waals surface area contributed by atoms with Crippen molar-refractivity contribution in [3.63, 3.8) is 0 Å². The number of nitrogens with zero attached hydrogens (tertiary/aromatic N) is 1. The van der Waals surface area contributed by atoms with Crippen LogP contribution in [0.25, 0.3) is 0 Å². The van der Waals surface area contributed by atoms with Crippen molar-refractivity contribution < 1.29 is 23.9 Å². The van der Waals surface area contributed by atoms with E-state index >= 15 is 0 Å².